The van der Waals surface area contributed by atoms with E-state index in [1.807, 2.05) is 36.5 Å². The van der Waals surface area contributed by atoms with Gasteiger partial charge in [-0.15, -0.1) is 0 Å². The molecule has 1 fully saturated rings. The Balaban J connectivity index is 1.42. The van der Waals surface area contributed by atoms with Crippen LogP contribution in [-0.4, -0.2) is 34.0 Å². The molecule has 0 aliphatic carbocycles. The maximum Gasteiger partial charge on any atom is 0.336 e. The molecule has 3 heterocycles. The van der Waals surface area contributed by atoms with Crippen molar-refractivity contribution in [1.82, 2.24) is 9.88 Å². The monoisotopic (exact) mass is 376 g/mol. The lowest BCUT2D eigenvalue weighted by molar-refractivity contribution is 0.0697. The van der Waals surface area contributed by atoms with Crippen LogP contribution in [0.5, 0.6) is 0 Å². The highest BCUT2D eigenvalue weighted by molar-refractivity contribution is 5.95. The van der Waals surface area contributed by atoms with E-state index >= 15 is 0 Å². The summed E-state index contributed by atoms with van der Waals surface area (Å²) < 4.78 is 6.00. The van der Waals surface area contributed by atoms with Gasteiger partial charge in [-0.3, -0.25) is 9.88 Å². The molecule has 5 nitrogen and oxygen atoms in total. The fraction of sp³-hybridized carbons (Fsp3) is 0.304. The Kier molecular flexibility index (Phi) is 5.53. The number of hydrogen-bond acceptors (Lipinski definition) is 4. The molecule has 1 saturated heterocycles. The number of benzene rings is 1. The van der Waals surface area contributed by atoms with Gasteiger partial charge in [-0.05, 0) is 62.1 Å². The number of piperidine rings is 1. The van der Waals surface area contributed by atoms with Crippen molar-refractivity contribution in [1.29, 1.82) is 0 Å². The molecule has 1 N–H and O–H groups in total. The van der Waals surface area contributed by atoms with Crippen molar-refractivity contribution in [3.05, 3.63) is 77.8 Å². The second-order valence-electron chi connectivity index (χ2n) is 7.39. The molecule has 2 aromatic heterocycles. The molecule has 3 aromatic rings. The maximum absolute atomic E-state index is 11.4. The molecule has 1 atom stereocenters. The quantitative estimate of drug-likeness (QED) is 0.686. The molecule has 0 radical (unpaired) electrons. The van der Waals surface area contributed by atoms with Gasteiger partial charge in [0.05, 0.1) is 12.1 Å². The van der Waals surface area contributed by atoms with E-state index in [2.05, 4.69) is 16.0 Å². The summed E-state index contributed by atoms with van der Waals surface area (Å²) in [5.74, 6) is 1.14. The van der Waals surface area contributed by atoms with Gasteiger partial charge in [0.25, 0.3) is 0 Å². The van der Waals surface area contributed by atoms with Gasteiger partial charge in [-0.25, -0.2) is 4.79 Å². The number of nitrogens with zero attached hydrogens (tertiary/aromatic N) is 2. The minimum absolute atomic E-state index is 0.261. The Morgan fingerprint density at radius 3 is 2.82 bits per heavy atom. The van der Waals surface area contributed by atoms with Crippen molar-refractivity contribution in [3.8, 4) is 11.3 Å². The smallest absolute Gasteiger partial charge is 0.336 e. The van der Waals surface area contributed by atoms with E-state index in [1.54, 1.807) is 18.2 Å². The van der Waals surface area contributed by atoms with E-state index in [0.717, 1.165) is 37.5 Å². The number of hydrogen-bond donors (Lipinski definition) is 1. The predicted molar refractivity (Wildman–Crippen MR) is 107 cm³/mol. The molecule has 0 amide bonds. The maximum atomic E-state index is 11.4. The van der Waals surface area contributed by atoms with Crippen LogP contribution in [0.3, 0.4) is 0 Å². The highest BCUT2D eigenvalue weighted by Gasteiger charge is 2.22. The third-order valence-electron chi connectivity index (χ3n) is 5.29. The number of rotatable bonds is 6. The molecule has 0 unspecified atom stereocenters. The Morgan fingerprint density at radius 2 is 2.00 bits per heavy atom. The Bertz CT molecular complexity index is 936. The minimum Gasteiger partial charge on any atom is -0.478 e. The highest BCUT2D eigenvalue weighted by Crippen LogP contribution is 2.28. The van der Waals surface area contributed by atoms with Crippen LogP contribution < -0.4 is 0 Å². The van der Waals surface area contributed by atoms with E-state index in [9.17, 15) is 9.90 Å². The van der Waals surface area contributed by atoms with Crippen LogP contribution >= 0.6 is 0 Å². The van der Waals surface area contributed by atoms with Gasteiger partial charge in [0, 0.05) is 24.0 Å². The molecule has 28 heavy (non-hydrogen) atoms. The van der Waals surface area contributed by atoms with Gasteiger partial charge >= 0.3 is 5.97 Å². The van der Waals surface area contributed by atoms with Gasteiger partial charge in [0.15, 0.2) is 0 Å². The molecule has 5 heteroatoms. The van der Waals surface area contributed by atoms with E-state index in [4.69, 9.17) is 4.42 Å². The third-order valence-corrected chi connectivity index (χ3v) is 5.29. The summed E-state index contributed by atoms with van der Waals surface area (Å²) in [7, 11) is 0. The second-order valence-corrected chi connectivity index (χ2v) is 7.39. The van der Waals surface area contributed by atoms with Crippen molar-refractivity contribution in [2.75, 3.05) is 13.1 Å². The van der Waals surface area contributed by atoms with Crippen LogP contribution in [0.4, 0.5) is 0 Å². The van der Waals surface area contributed by atoms with E-state index in [0.29, 0.717) is 17.2 Å². The summed E-state index contributed by atoms with van der Waals surface area (Å²) in [6, 6.07) is 16.9. The molecule has 144 valence electrons. The molecule has 0 spiro atoms. The van der Waals surface area contributed by atoms with Gasteiger partial charge in [-0.1, -0.05) is 24.3 Å². The van der Waals surface area contributed by atoms with Gasteiger partial charge < -0.3 is 9.52 Å². The first-order valence-electron chi connectivity index (χ1n) is 9.73. The molecular weight excluding hydrogens is 352 g/mol. The zero-order valence-corrected chi connectivity index (χ0v) is 15.8. The summed E-state index contributed by atoms with van der Waals surface area (Å²) in [5, 5.41) is 9.39. The Hall–Kier alpha value is -2.92. The molecule has 1 aliphatic rings. The summed E-state index contributed by atoms with van der Waals surface area (Å²) >= 11 is 0. The molecule has 0 saturated carbocycles. The number of furan rings is 1. The molecule has 4 rings (SSSR count). The number of pyridine rings is 1. The first-order chi connectivity index (χ1) is 13.7. The lowest BCUT2D eigenvalue weighted by Gasteiger charge is -2.32. The standard InChI is InChI=1S/C23H24N2O3/c26-23(27)21-9-2-1-8-20(21)22-11-10-19(28-22)16-25-13-5-6-17(15-25)14-18-7-3-4-12-24-18/h1-4,7-12,17H,5-6,13-16H2,(H,26,27)/t17-/m1/s1. The highest BCUT2D eigenvalue weighted by atomic mass is 16.4. The number of carbonyl (C=O) groups is 1. The lowest BCUT2D eigenvalue weighted by atomic mass is 9.93. The number of likely N-dealkylation sites (tertiary alicyclic amines) is 1. The normalized spacial score (nSPS) is 17.5. The number of carboxylic acid groups (broad SMARTS) is 1. The zero-order chi connectivity index (χ0) is 19.3. The SMILES string of the molecule is O=C(O)c1ccccc1-c1ccc(CN2CCC[C@H](Cc3ccccn3)C2)o1. The fourth-order valence-corrected chi connectivity index (χ4v) is 3.99. The third kappa shape index (κ3) is 4.31. The van der Waals surface area contributed by atoms with Crippen molar-refractivity contribution >= 4 is 5.97 Å². The van der Waals surface area contributed by atoms with Crippen LogP contribution in [-0.2, 0) is 13.0 Å². The first-order valence-corrected chi connectivity index (χ1v) is 9.73. The van der Waals surface area contributed by atoms with Gasteiger partial charge in [0.2, 0.25) is 0 Å². The van der Waals surface area contributed by atoms with E-state index < -0.39 is 5.97 Å². The van der Waals surface area contributed by atoms with Crippen molar-refractivity contribution in [2.45, 2.75) is 25.8 Å². The largest absolute Gasteiger partial charge is 0.478 e. The van der Waals surface area contributed by atoms with Crippen molar-refractivity contribution < 1.29 is 14.3 Å². The minimum atomic E-state index is -0.943. The van der Waals surface area contributed by atoms with Crippen LogP contribution in [0, 0.1) is 5.92 Å². The van der Waals surface area contributed by atoms with Crippen LogP contribution in [0.1, 0.15) is 34.7 Å². The van der Waals surface area contributed by atoms with E-state index in [-0.39, 0.29) is 5.56 Å². The topological polar surface area (TPSA) is 66.6 Å². The Morgan fingerprint density at radius 1 is 1.14 bits per heavy atom. The number of carboxylic acids is 1. The lowest BCUT2D eigenvalue weighted by Crippen LogP contribution is -2.35. The summed E-state index contributed by atoms with van der Waals surface area (Å²) in [5.41, 5.74) is 2.03. The fourth-order valence-electron chi connectivity index (χ4n) is 3.99. The summed E-state index contributed by atoms with van der Waals surface area (Å²) in [6.45, 7) is 2.83. The van der Waals surface area contributed by atoms with Crippen molar-refractivity contribution in [3.63, 3.8) is 0 Å². The average Bonchev–Trinajstić information content (AvgIpc) is 3.17. The van der Waals surface area contributed by atoms with Crippen molar-refractivity contribution in [2.24, 2.45) is 5.92 Å². The number of aromatic nitrogens is 1. The number of aromatic carboxylic acids is 1. The Labute approximate surface area is 164 Å². The molecule has 1 aromatic carbocycles. The first kappa shape index (κ1) is 18.4. The zero-order valence-electron chi connectivity index (χ0n) is 15.8. The van der Waals surface area contributed by atoms with Crippen LogP contribution in [0.2, 0.25) is 0 Å². The van der Waals surface area contributed by atoms with Crippen LogP contribution in [0.15, 0.2) is 65.2 Å². The predicted octanol–water partition coefficient (Wildman–Crippen LogP) is 4.49. The van der Waals surface area contributed by atoms with Gasteiger partial charge in [0.1, 0.15) is 11.5 Å². The molecule has 1 aliphatic heterocycles. The molecular formula is C23H24N2O3. The van der Waals surface area contributed by atoms with Crippen LogP contribution in [0.25, 0.3) is 11.3 Å². The average molecular weight is 376 g/mol. The summed E-state index contributed by atoms with van der Waals surface area (Å²) in [4.78, 5) is 18.3. The van der Waals surface area contributed by atoms with E-state index in [1.165, 1.54) is 12.8 Å². The summed E-state index contributed by atoms with van der Waals surface area (Å²) in [6.07, 6.45) is 5.26. The van der Waals surface area contributed by atoms with Gasteiger partial charge in [-0.2, -0.15) is 0 Å². The second kappa shape index (κ2) is 8.40. The molecule has 0 bridgehead atoms.